The molecule has 0 unspecified atom stereocenters. The van der Waals surface area contributed by atoms with Gasteiger partial charge in [-0.3, -0.25) is 4.79 Å². The molecule has 36 heavy (non-hydrogen) atoms. The van der Waals surface area contributed by atoms with Crippen molar-refractivity contribution in [3.8, 4) is 0 Å². The first kappa shape index (κ1) is 24.6. The Morgan fingerprint density at radius 3 is 2.50 bits per heavy atom. The average molecular weight is 512 g/mol. The number of rotatable bonds is 10. The van der Waals surface area contributed by atoms with Crippen molar-refractivity contribution in [2.45, 2.75) is 55.8 Å². The van der Waals surface area contributed by atoms with Gasteiger partial charge >= 0.3 is 0 Å². The molecule has 1 atom stereocenters. The summed E-state index contributed by atoms with van der Waals surface area (Å²) in [5.41, 5.74) is 1.75. The maximum absolute atomic E-state index is 13.4. The summed E-state index contributed by atoms with van der Waals surface area (Å²) in [7, 11) is -3.83. The zero-order valence-electron chi connectivity index (χ0n) is 20.1. The number of ether oxygens (including phenoxy) is 1. The fourth-order valence-electron chi connectivity index (χ4n) is 4.61. The van der Waals surface area contributed by atoms with E-state index in [0.717, 1.165) is 25.7 Å². The minimum absolute atomic E-state index is 0.0455. The maximum atomic E-state index is 13.4. The summed E-state index contributed by atoms with van der Waals surface area (Å²) in [6.07, 6.45) is 5.39. The fourth-order valence-corrected chi connectivity index (χ4v) is 6.11. The summed E-state index contributed by atoms with van der Waals surface area (Å²) >= 11 is 0. The van der Waals surface area contributed by atoms with Crippen molar-refractivity contribution in [1.29, 1.82) is 0 Å². The van der Waals surface area contributed by atoms with E-state index in [4.69, 9.17) is 4.74 Å². The topological polar surface area (TPSA) is 81.5 Å². The van der Waals surface area contributed by atoms with E-state index in [9.17, 15) is 17.6 Å². The van der Waals surface area contributed by atoms with Crippen molar-refractivity contribution in [2.24, 2.45) is 5.92 Å². The molecule has 3 aromatic rings. The van der Waals surface area contributed by atoms with Gasteiger partial charge in [-0.05, 0) is 61.4 Å². The lowest BCUT2D eigenvalue weighted by molar-refractivity contribution is 0.0723. The van der Waals surface area contributed by atoms with Gasteiger partial charge in [0.1, 0.15) is 5.82 Å². The van der Waals surface area contributed by atoms with Crippen LogP contribution in [0.3, 0.4) is 0 Å². The van der Waals surface area contributed by atoms with E-state index in [1.54, 1.807) is 27.8 Å². The highest BCUT2D eigenvalue weighted by Crippen LogP contribution is 2.31. The zero-order chi connectivity index (χ0) is 25.1. The quantitative estimate of drug-likeness (QED) is 0.407. The van der Waals surface area contributed by atoms with Gasteiger partial charge in [0, 0.05) is 18.7 Å². The number of halogens is 1. The maximum Gasteiger partial charge on any atom is 0.254 e. The lowest BCUT2D eigenvalue weighted by atomic mass is 10.2. The Morgan fingerprint density at radius 2 is 1.83 bits per heavy atom. The standard InChI is InChI=1S/C27H30FN3O4S/c28-23-12-10-21(11-13-23)19-36(33,34)27-29-15-24(31(27)18-25-7-4-14-35-25)17-30(16-20-8-9-20)26(32)22-5-2-1-3-6-22/h1-3,5-6,10-13,15,20,25H,4,7-9,14,16-19H2/t25-/m1/s1. The highest BCUT2D eigenvalue weighted by molar-refractivity contribution is 7.90. The second-order valence-corrected chi connectivity index (χ2v) is 11.5. The number of hydrogen-bond donors (Lipinski definition) is 0. The van der Waals surface area contributed by atoms with Crippen molar-refractivity contribution >= 4 is 15.7 Å². The summed E-state index contributed by atoms with van der Waals surface area (Å²) in [4.78, 5) is 19.5. The van der Waals surface area contributed by atoms with Crippen molar-refractivity contribution in [2.75, 3.05) is 13.2 Å². The molecule has 1 saturated carbocycles. The monoisotopic (exact) mass is 511 g/mol. The van der Waals surface area contributed by atoms with Gasteiger partial charge in [0.25, 0.3) is 5.91 Å². The molecule has 1 aromatic heterocycles. The fraction of sp³-hybridized carbons (Fsp3) is 0.407. The molecule has 0 radical (unpaired) electrons. The summed E-state index contributed by atoms with van der Waals surface area (Å²) in [5.74, 6) is -0.321. The molecule has 1 aliphatic carbocycles. The van der Waals surface area contributed by atoms with Gasteiger partial charge in [-0.15, -0.1) is 0 Å². The molecule has 1 saturated heterocycles. The van der Waals surface area contributed by atoms with Crippen LogP contribution < -0.4 is 0 Å². The highest BCUT2D eigenvalue weighted by Gasteiger charge is 2.31. The molecule has 1 amide bonds. The van der Waals surface area contributed by atoms with Crippen LogP contribution in [0.1, 0.15) is 47.3 Å². The second-order valence-electron chi connectivity index (χ2n) is 9.66. The summed E-state index contributed by atoms with van der Waals surface area (Å²) in [6, 6.07) is 14.6. The third-order valence-corrected chi connectivity index (χ3v) is 8.29. The van der Waals surface area contributed by atoms with Gasteiger partial charge in [-0.1, -0.05) is 30.3 Å². The van der Waals surface area contributed by atoms with Crippen molar-refractivity contribution in [1.82, 2.24) is 14.5 Å². The normalized spacial score (nSPS) is 17.9. The van der Waals surface area contributed by atoms with Crippen molar-refractivity contribution in [3.63, 3.8) is 0 Å². The lowest BCUT2D eigenvalue weighted by Gasteiger charge is -2.24. The van der Waals surface area contributed by atoms with Crippen LogP contribution in [0.4, 0.5) is 4.39 Å². The van der Waals surface area contributed by atoms with E-state index in [2.05, 4.69) is 4.98 Å². The summed E-state index contributed by atoms with van der Waals surface area (Å²) in [6.45, 7) is 1.88. The van der Waals surface area contributed by atoms with Crippen molar-refractivity contribution in [3.05, 3.63) is 83.4 Å². The molecule has 0 bridgehead atoms. The van der Waals surface area contributed by atoms with Gasteiger partial charge in [-0.25, -0.2) is 17.8 Å². The third kappa shape index (κ3) is 5.84. The molecule has 7 nitrogen and oxygen atoms in total. The van der Waals surface area contributed by atoms with Crippen LogP contribution in [0, 0.1) is 11.7 Å². The molecule has 2 aromatic carbocycles. The minimum Gasteiger partial charge on any atom is -0.376 e. The van der Waals surface area contributed by atoms with Gasteiger partial charge in [0.15, 0.2) is 0 Å². The Hall–Kier alpha value is -3.04. The Morgan fingerprint density at radius 1 is 1.08 bits per heavy atom. The molecule has 5 rings (SSSR count). The van der Waals surface area contributed by atoms with Crippen LogP contribution in [0.5, 0.6) is 0 Å². The van der Waals surface area contributed by atoms with Crippen LogP contribution in [0.25, 0.3) is 0 Å². The smallest absolute Gasteiger partial charge is 0.254 e. The second kappa shape index (κ2) is 10.5. The number of carbonyl (C=O) groups excluding carboxylic acids is 1. The molecule has 2 heterocycles. The van der Waals surface area contributed by atoms with Crippen LogP contribution >= 0.6 is 0 Å². The zero-order valence-corrected chi connectivity index (χ0v) is 20.9. The van der Waals surface area contributed by atoms with Gasteiger partial charge in [-0.2, -0.15) is 0 Å². The summed E-state index contributed by atoms with van der Waals surface area (Å²) in [5, 5.41) is -0.0455. The van der Waals surface area contributed by atoms with Crippen LogP contribution in [0.15, 0.2) is 66.0 Å². The van der Waals surface area contributed by atoms with E-state index in [-0.39, 0.29) is 29.5 Å². The molecule has 0 spiro atoms. The predicted octanol–water partition coefficient (Wildman–Crippen LogP) is 4.23. The Kier molecular flexibility index (Phi) is 7.20. The van der Waals surface area contributed by atoms with Gasteiger partial charge < -0.3 is 14.2 Å². The first-order chi connectivity index (χ1) is 17.4. The number of benzene rings is 2. The molecule has 0 N–H and O–H groups in total. The Balaban J connectivity index is 1.45. The molecule has 190 valence electrons. The van der Waals surface area contributed by atoms with Crippen molar-refractivity contribution < 1.29 is 22.3 Å². The molecule has 1 aliphatic heterocycles. The molecule has 9 heteroatoms. The molecule has 2 fully saturated rings. The first-order valence-electron chi connectivity index (χ1n) is 12.4. The molecular weight excluding hydrogens is 481 g/mol. The predicted molar refractivity (Wildman–Crippen MR) is 132 cm³/mol. The Labute approximate surface area is 210 Å². The largest absolute Gasteiger partial charge is 0.376 e. The van der Waals surface area contributed by atoms with Crippen LogP contribution in [-0.4, -0.2) is 48.0 Å². The van der Waals surface area contributed by atoms with E-state index in [0.29, 0.717) is 42.4 Å². The number of imidazole rings is 1. The minimum atomic E-state index is -3.83. The highest BCUT2D eigenvalue weighted by atomic mass is 32.2. The van der Waals surface area contributed by atoms with E-state index < -0.39 is 15.7 Å². The van der Waals surface area contributed by atoms with E-state index >= 15 is 0 Å². The number of nitrogens with zero attached hydrogens (tertiary/aromatic N) is 3. The van der Waals surface area contributed by atoms with Crippen LogP contribution in [-0.2, 0) is 33.4 Å². The number of aromatic nitrogens is 2. The van der Waals surface area contributed by atoms with E-state index in [1.165, 1.54) is 24.3 Å². The van der Waals surface area contributed by atoms with E-state index in [1.807, 2.05) is 18.2 Å². The summed E-state index contributed by atoms with van der Waals surface area (Å²) < 4.78 is 47.7. The molecule has 2 aliphatic rings. The number of sulfone groups is 1. The van der Waals surface area contributed by atoms with Crippen LogP contribution in [0.2, 0.25) is 0 Å². The third-order valence-electron chi connectivity index (χ3n) is 6.70. The number of carbonyl (C=O) groups is 1. The number of hydrogen-bond acceptors (Lipinski definition) is 5. The first-order valence-corrected chi connectivity index (χ1v) is 14.0. The molecular formula is C27H30FN3O4S. The lowest BCUT2D eigenvalue weighted by Crippen LogP contribution is -2.34. The number of amides is 1. The van der Waals surface area contributed by atoms with Gasteiger partial charge in [0.2, 0.25) is 15.0 Å². The SMILES string of the molecule is O=C(c1ccccc1)N(Cc1cnc(S(=O)(=O)Cc2ccc(F)cc2)n1C[C@H]1CCCO1)CC1CC1. The van der Waals surface area contributed by atoms with Gasteiger partial charge in [0.05, 0.1) is 36.8 Å². The average Bonchev–Trinajstić information content (AvgIpc) is 3.37. The Bertz CT molecular complexity index is 1300.